The van der Waals surface area contributed by atoms with Crippen LogP contribution in [-0.4, -0.2) is 6.72 Å². The molecule has 0 saturated carbocycles. The molecule has 0 amide bonds. The number of nitrogens with zero attached hydrogens (tertiary/aromatic N) is 1. The van der Waals surface area contributed by atoms with Crippen LogP contribution in [0.2, 0.25) is 0 Å². The number of hydrogen-bond acceptors (Lipinski definition) is 3. The molecule has 0 aliphatic heterocycles. The fourth-order valence-corrected chi connectivity index (χ4v) is 2.10. The SMILES string of the molecule is C=C/C(OCc1c(C)ccc2ccccc12)=C(/N)N=C. The van der Waals surface area contributed by atoms with Crippen LogP contribution in [0.3, 0.4) is 0 Å². The van der Waals surface area contributed by atoms with Gasteiger partial charge in [0.25, 0.3) is 0 Å². The average molecular weight is 266 g/mol. The van der Waals surface area contributed by atoms with E-state index in [4.69, 9.17) is 10.5 Å². The lowest BCUT2D eigenvalue weighted by atomic mass is 10.0. The Balaban J connectivity index is 2.37. The van der Waals surface area contributed by atoms with Crippen LogP contribution in [-0.2, 0) is 11.3 Å². The monoisotopic (exact) mass is 266 g/mol. The number of allylic oxidation sites excluding steroid dienone is 1. The van der Waals surface area contributed by atoms with Crippen LogP contribution in [0.15, 0.2) is 65.6 Å². The van der Waals surface area contributed by atoms with Gasteiger partial charge in [0, 0.05) is 5.56 Å². The van der Waals surface area contributed by atoms with E-state index >= 15 is 0 Å². The molecule has 20 heavy (non-hydrogen) atoms. The first-order chi connectivity index (χ1) is 9.67. The highest BCUT2D eigenvalue weighted by Gasteiger charge is 2.07. The summed E-state index contributed by atoms with van der Waals surface area (Å²) in [5, 5.41) is 2.37. The Labute approximate surface area is 119 Å². The van der Waals surface area contributed by atoms with Gasteiger partial charge in [0.05, 0.1) is 0 Å². The van der Waals surface area contributed by atoms with E-state index in [0.717, 1.165) is 5.56 Å². The Morgan fingerprint density at radius 1 is 1.30 bits per heavy atom. The first-order valence-corrected chi connectivity index (χ1v) is 6.36. The van der Waals surface area contributed by atoms with Gasteiger partial charge in [0.2, 0.25) is 0 Å². The lowest BCUT2D eigenvalue weighted by Gasteiger charge is -2.13. The zero-order valence-electron chi connectivity index (χ0n) is 11.6. The summed E-state index contributed by atoms with van der Waals surface area (Å²) < 4.78 is 5.72. The predicted molar refractivity (Wildman–Crippen MR) is 84.4 cm³/mol. The molecule has 0 unspecified atom stereocenters. The van der Waals surface area contributed by atoms with E-state index in [2.05, 4.69) is 49.5 Å². The van der Waals surface area contributed by atoms with Gasteiger partial charge in [-0.2, -0.15) is 0 Å². The summed E-state index contributed by atoms with van der Waals surface area (Å²) in [5.41, 5.74) is 8.01. The van der Waals surface area contributed by atoms with Gasteiger partial charge in [-0.3, -0.25) is 0 Å². The normalized spacial score (nSPS) is 11.8. The van der Waals surface area contributed by atoms with Gasteiger partial charge in [-0.15, -0.1) is 0 Å². The van der Waals surface area contributed by atoms with Gasteiger partial charge < -0.3 is 10.5 Å². The maximum Gasteiger partial charge on any atom is 0.165 e. The molecule has 3 heteroatoms. The third-order valence-corrected chi connectivity index (χ3v) is 3.26. The Kier molecular flexibility index (Phi) is 4.20. The lowest BCUT2D eigenvalue weighted by molar-refractivity contribution is 0.208. The Bertz CT molecular complexity index is 686. The first-order valence-electron chi connectivity index (χ1n) is 6.36. The van der Waals surface area contributed by atoms with Crippen LogP contribution in [0.1, 0.15) is 11.1 Å². The second-order valence-electron chi connectivity index (χ2n) is 4.48. The minimum atomic E-state index is 0.248. The van der Waals surface area contributed by atoms with E-state index in [1.165, 1.54) is 16.3 Å². The number of hydrogen-bond donors (Lipinski definition) is 1. The number of ether oxygens (including phenoxy) is 1. The largest absolute Gasteiger partial charge is 0.485 e. The molecule has 0 aliphatic rings. The van der Waals surface area contributed by atoms with Crippen molar-refractivity contribution in [2.45, 2.75) is 13.5 Å². The molecule has 0 bridgehead atoms. The van der Waals surface area contributed by atoms with E-state index < -0.39 is 0 Å². The number of fused-ring (bicyclic) bond motifs is 1. The molecule has 2 N–H and O–H groups in total. The standard InChI is InChI=1S/C17H18N2O/c1-4-16(17(18)19-3)20-11-15-12(2)9-10-13-7-5-6-8-14(13)15/h4-10H,1,3,11,18H2,2H3/b17-16+. The van der Waals surface area contributed by atoms with E-state index in [1.807, 2.05) is 12.1 Å². The van der Waals surface area contributed by atoms with Crippen molar-refractivity contribution in [3.63, 3.8) is 0 Å². The highest BCUT2D eigenvalue weighted by atomic mass is 16.5. The van der Waals surface area contributed by atoms with Gasteiger partial charge >= 0.3 is 0 Å². The number of benzene rings is 2. The number of rotatable bonds is 5. The third kappa shape index (κ3) is 2.72. The molecule has 2 rings (SSSR count). The molecule has 0 spiro atoms. The molecule has 0 heterocycles. The maximum atomic E-state index is 5.72. The number of nitrogens with two attached hydrogens (primary N) is 1. The molecule has 102 valence electrons. The summed E-state index contributed by atoms with van der Waals surface area (Å²) in [6.07, 6.45) is 1.55. The smallest absolute Gasteiger partial charge is 0.165 e. The van der Waals surface area contributed by atoms with Crippen molar-refractivity contribution in [2.24, 2.45) is 10.7 Å². The molecule has 3 nitrogen and oxygen atoms in total. The van der Waals surface area contributed by atoms with E-state index in [9.17, 15) is 0 Å². The minimum absolute atomic E-state index is 0.248. The molecule has 0 radical (unpaired) electrons. The fraction of sp³-hybridized carbons (Fsp3) is 0.118. The van der Waals surface area contributed by atoms with Crippen molar-refractivity contribution in [1.82, 2.24) is 0 Å². The molecule has 0 atom stereocenters. The topological polar surface area (TPSA) is 47.6 Å². The van der Waals surface area contributed by atoms with Gasteiger partial charge in [-0.05, 0) is 36.1 Å². The summed E-state index contributed by atoms with van der Waals surface area (Å²) in [4.78, 5) is 3.67. The van der Waals surface area contributed by atoms with E-state index in [1.54, 1.807) is 6.08 Å². The van der Waals surface area contributed by atoms with Crippen LogP contribution < -0.4 is 5.73 Å². The summed E-state index contributed by atoms with van der Waals surface area (Å²) in [7, 11) is 0. The zero-order chi connectivity index (χ0) is 14.5. The Morgan fingerprint density at radius 3 is 2.75 bits per heavy atom. The van der Waals surface area contributed by atoms with Crippen molar-refractivity contribution in [3.8, 4) is 0 Å². The average Bonchev–Trinajstić information content (AvgIpc) is 2.49. The predicted octanol–water partition coefficient (Wildman–Crippen LogP) is 3.68. The van der Waals surface area contributed by atoms with Crippen LogP contribution in [0.4, 0.5) is 0 Å². The zero-order valence-corrected chi connectivity index (χ0v) is 11.6. The van der Waals surface area contributed by atoms with Crippen LogP contribution in [0.5, 0.6) is 0 Å². The molecule has 2 aromatic rings. The van der Waals surface area contributed by atoms with Crippen molar-refractivity contribution in [2.75, 3.05) is 0 Å². The second-order valence-corrected chi connectivity index (χ2v) is 4.48. The summed E-state index contributed by atoms with van der Waals surface area (Å²) in [5.74, 6) is 0.699. The van der Waals surface area contributed by atoms with E-state index in [0.29, 0.717) is 12.4 Å². The Hall–Kier alpha value is -2.55. The highest BCUT2D eigenvalue weighted by molar-refractivity contribution is 5.86. The summed E-state index contributed by atoms with van der Waals surface area (Å²) in [6.45, 7) is 9.56. The minimum Gasteiger partial charge on any atom is -0.485 e. The molecule has 0 aliphatic carbocycles. The number of aryl methyl sites for hydroxylation is 1. The van der Waals surface area contributed by atoms with Crippen molar-refractivity contribution < 1.29 is 4.74 Å². The second kappa shape index (κ2) is 6.06. The van der Waals surface area contributed by atoms with Crippen molar-refractivity contribution in [1.29, 1.82) is 0 Å². The highest BCUT2D eigenvalue weighted by Crippen LogP contribution is 2.23. The van der Waals surface area contributed by atoms with Gasteiger partial charge in [-0.1, -0.05) is 43.0 Å². The third-order valence-electron chi connectivity index (χ3n) is 3.26. The summed E-state index contributed by atoms with van der Waals surface area (Å²) in [6, 6.07) is 12.4. The summed E-state index contributed by atoms with van der Waals surface area (Å²) >= 11 is 0. The molecular formula is C17H18N2O. The van der Waals surface area contributed by atoms with Crippen LogP contribution in [0.25, 0.3) is 10.8 Å². The van der Waals surface area contributed by atoms with Gasteiger partial charge in [-0.25, -0.2) is 4.99 Å². The molecule has 2 aromatic carbocycles. The fourth-order valence-electron chi connectivity index (χ4n) is 2.10. The van der Waals surface area contributed by atoms with Crippen LogP contribution in [0, 0.1) is 6.92 Å². The van der Waals surface area contributed by atoms with Crippen LogP contribution >= 0.6 is 0 Å². The van der Waals surface area contributed by atoms with Crippen molar-refractivity contribution in [3.05, 3.63) is 71.8 Å². The number of aliphatic imine (C=N–C) groups is 1. The molecular weight excluding hydrogens is 248 g/mol. The first kappa shape index (κ1) is 13.9. The Morgan fingerprint density at radius 2 is 2.05 bits per heavy atom. The quantitative estimate of drug-likeness (QED) is 0.510. The molecule has 0 aromatic heterocycles. The van der Waals surface area contributed by atoms with Gasteiger partial charge in [0.15, 0.2) is 11.6 Å². The maximum absolute atomic E-state index is 5.72. The molecule has 0 fully saturated rings. The lowest BCUT2D eigenvalue weighted by Crippen LogP contribution is -2.03. The molecule has 0 saturated heterocycles. The van der Waals surface area contributed by atoms with Crippen molar-refractivity contribution >= 4 is 17.5 Å². The van der Waals surface area contributed by atoms with E-state index in [-0.39, 0.29) is 5.82 Å². The van der Waals surface area contributed by atoms with Gasteiger partial charge in [0.1, 0.15) is 6.61 Å².